The van der Waals surface area contributed by atoms with Crippen molar-refractivity contribution >= 4 is 53.7 Å². The van der Waals surface area contributed by atoms with Crippen molar-refractivity contribution < 1.29 is 4.79 Å². The third kappa shape index (κ3) is 6.69. The molecule has 0 aromatic heterocycles. The van der Waals surface area contributed by atoms with Crippen molar-refractivity contribution in [2.75, 3.05) is 17.2 Å². The van der Waals surface area contributed by atoms with E-state index in [9.17, 15) is 4.79 Å². The highest BCUT2D eigenvalue weighted by Gasteiger charge is 2.18. The monoisotopic (exact) mass is 415 g/mol. The van der Waals surface area contributed by atoms with Gasteiger partial charge in [0.25, 0.3) is 0 Å². The minimum atomic E-state index is 0. The van der Waals surface area contributed by atoms with Gasteiger partial charge >= 0.3 is 0 Å². The number of benzene rings is 2. The van der Waals surface area contributed by atoms with Gasteiger partial charge in [-0.25, -0.2) is 0 Å². The van der Waals surface area contributed by atoms with Gasteiger partial charge in [0, 0.05) is 24.0 Å². The number of anilines is 2. The van der Waals surface area contributed by atoms with E-state index in [0.29, 0.717) is 18.0 Å². The van der Waals surface area contributed by atoms with Gasteiger partial charge in [0.2, 0.25) is 5.91 Å². The van der Waals surface area contributed by atoms with Crippen molar-refractivity contribution in [1.82, 2.24) is 5.32 Å². The molecule has 4 nitrogen and oxygen atoms in total. The van der Waals surface area contributed by atoms with Crippen LogP contribution >= 0.6 is 36.4 Å². The van der Waals surface area contributed by atoms with Crippen molar-refractivity contribution in [2.45, 2.75) is 31.8 Å². The zero-order valence-corrected chi connectivity index (χ0v) is 16.7. The van der Waals surface area contributed by atoms with Crippen molar-refractivity contribution in [3.8, 4) is 0 Å². The van der Waals surface area contributed by atoms with Gasteiger partial charge in [-0.1, -0.05) is 41.9 Å². The number of carbonyl (C=O) groups excluding carboxylic acids is 1. The summed E-state index contributed by atoms with van der Waals surface area (Å²) in [6.07, 6.45) is 2.69. The van der Waals surface area contributed by atoms with E-state index >= 15 is 0 Å². The summed E-state index contributed by atoms with van der Waals surface area (Å²) in [6, 6.07) is 15.9. The van der Waals surface area contributed by atoms with E-state index < -0.39 is 0 Å². The summed E-state index contributed by atoms with van der Waals surface area (Å²) in [7, 11) is 0. The Morgan fingerprint density at radius 2 is 1.88 bits per heavy atom. The zero-order valence-electron chi connectivity index (χ0n) is 14.3. The first-order valence-corrected chi connectivity index (χ1v) is 8.69. The molecule has 1 heterocycles. The number of nitrogens with one attached hydrogen (secondary N) is 3. The number of rotatable bonds is 6. The highest BCUT2D eigenvalue weighted by molar-refractivity contribution is 6.31. The SMILES string of the molecule is Cl.Cl.O=C(CC1CCCN1)Nc1cc(Cl)ccc1NCc1ccccc1. The minimum Gasteiger partial charge on any atom is -0.379 e. The molecule has 0 saturated carbocycles. The van der Waals surface area contributed by atoms with Gasteiger partial charge < -0.3 is 16.0 Å². The molecule has 26 heavy (non-hydrogen) atoms. The normalized spacial score (nSPS) is 15.5. The van der Waals surface area contributed by atoms with Gasteiger partial charge in [-0.05, 0) is 43.1 Å². The van der Waals surface area contributed by atoms with Gasteiger partial charge in [-0.15, -0.1) is 24.8 Å². The highest BCUT2D eigenvalue weighted by atomic mass is 35.5. The van der Waals surface area contributed by atoms with E-state index in [4.69, 9.17) is 11.6 Å². The van der Waals surface area contributed by atoms with Crippen LogP contribution in [-0.4, -0.2) is 18.5 Å². The second kappa shape index (κ2) is 11.3. The first-order chi connectivity index (χ1) is 11.7. The number of carbonyl (C=O) groups is 1. The summed E-state index contributed by atoms with van der Waals surface area (Å²) >= 11 is 6.10. The van der Waals surface area contributed by atoms with Gasteiger partial charge in [0.15, 0.2) is 0 Å². The van der Waals surface area contributed by atoms with Crippen LogP contribution in [0.4, 0.5) is 11.4 Å². The second-order valence-corrected chi connectivity index (χ2v) is 6.51. The summed E-state index contributed by atoms with van der Waals surface area (Å²) in [4.78, 5) is 12.3. The molecule has 7 heteroatoms. The molecule has 2 aromatic rings. The highest BCUT2D eigenvalue weighted by Crippen LogP contribution is 2.27. The summed E-state index contributed by atoms with van der Waals surface area (Å²) in [5, 5.41) is 10.3. The van der Waals surface area contributed by atoms with E-state index in [1.807, 2.05) is 30.3 Å². The Balaban J connectivity index is 0.00000169. The van der Waals surface area contributed by atoms with Crippen LogP contribution in [0.3, 0.4) is 0 Å². The number of hydrogen-bond donors (Lipinski definition) is 3. The first kappa shape index (κ1) is 22.6. The van der Waals surface area contributed by atoms with Crippen LogP contribution in [0.2, 0.25) is 5.02 Å². The third-order valence-corrected chi connectivity index (χ3v) is 4.41. The molecule has 0 aliphatic carbocycles. The summed E-state index contributed by atoms with van der Waals surface area (Å²) < 4.78 is 0. The van der Waals surface area contributed by atoms with Gasteiger partial charge in [0.1, 0.15) is 0 Å². The van der Waals surface area contributed by atoms with Crippen molar-refractivity contribution in [2.24, 2.45) is 0 Å². The molecule has 1 fully saturated rings. The maximum atomic E-state index is 12.3. The topological polar surface area (TPSA) is 53.2 Å². The molecular formula is C19H24Cl3N3O. The van der Waals surface area contributed by atoms with Crippen molar-refractivity contribution in [3.63, 3.8) is 0 Å². The lowest BCUT2D eigenvalue weighted by molar-refractivity contribution is -0.116. The lowest BCUT2D eigenvalue weighted by atomic mass is 10.1. The molecule has 1 aliphatic rings. The Kier molecular flexibility index (Phi) is 9.81. The molecular weight excluding hydrogens is 393 g/mol. The van der Waals surface area contributed by atoms with Crippen LogP contribution in [0, 0.1) is 0 Å². The van der Waals surface area contributed by atoms with E-state index in [1.54, 1.807) is 6.07 Å². The van der Waals surface area contributed by atoms with E-state index in [2.05, 4.69) is 28.1 Å². The molecule has 1 unspecified atom stereocenters. The predicted molar refractivity (Wildman–Crippen MR) is 114 cm³/mol. The Morgan fingerprint density at radius 1 is 1.12 bits per heavy atom. The number of hydrogen-bond acceptors (Lipinski definition) is 3. The fourth-order valence-electron chi connectivity index (χ4n) is 2.92. The number of amides is 1. The van der Waals surface area contributed by atoms with Crippen molar-refractivity contribution in [1.29, 1.82) is 0 Å². The molecule has 1 atom stereocenters. The molecule has 0 radical (unpaired) electrons. The van der Waals surface area contributed by atoms with Crippen LogP contribution in [0.25, 0.3) is 0 Å². The Morgan fingerprint density at radius 3 is 2.58 bits per heavy atom. The molecule has 3 rings (SSSR count). The van der Waals surface area contributed by atoms with Crippen LogP contribution in [0.15, 0.2) is 48.5 Å². The average Bonchev–Trinajstić information content (AvgIpc) is 3.08. The lowest BCUT2D eigenvalue weighted by Crippen LogP contribution is -2.27. The molecule has 1 amide bonds. The van der Waals surface area contributed by atoms with E-state index in [0.717, 1.165) is 30.8 Å². The largest absolute Gasteiger partial charge is 0.379 e. The Labute approximate surface area is 171 Å². The van der Waals surface area contributed by atoms with Gasteiger partial charge in [-0.2, -0.15) is 0 Å². The molecule has 1 aliphatic heterocycles. The van der Waals surface area contributed by atoms with Crippen LogP contribution < -0.4 is 16.0 Å². The molecule has 0 spiro atoms. The predicted octanol–water partition coefficient (Wildman–Crippen LogP) is 4.88. The molecule has 1 saturated heterocycles. The lowest BCUT2D eigenvalue weighted by Gasteiger charge is -2.15. The summed E-state index contributed by atoms with van der Waals surface area (Å²) in [5.74, 6) is 0.0134. The maximum absolute atomic E-state index is 12.3. The molecule has 142 valence electrons. The zero-order chi connectivity index (χ0) is 16.8. The Hall–Kier alpha value is -1.46. The molecule has 0 bridgehead atoms. The average molecular weight is 417 g/mol. The summed E-state index contributed by atoms with van der Waals surface area (Å²) in [6.45, 7) is 1.69. The fraction of sp³-hybridized carbons (Fsp3) is 0.316. The van der Waals surface area contributed by atoms with Gasteiger partial charge in [0.05, 0.1) is 11.4 Å². The summed E-state index contributed by atoms with van der Waals surface area (Å²) in [5.41, 5.74) is 2.78. The maximum Gasteiger partial charge on any atom is 0.225 e. The van der Waals surface area contributed by atoms with Crippen LogP contribution in [-0.2, 0) is 11.3 Å². The van der Waals surface area contributed by atoms with Crippen LogP contribution in [0.1, 0.15) is 24.8 Å². The first-order valence-electron chi connectivity index (χ1n) is 8.31. The quantitative estimate of drug-likeness (QED) is 0.629. The van der Waals surface area contributed by atoms with Crippen molar-refractivity contribution in [3.05, 3.63) is 59.1 Å². The number of halogens is 3. The van der Waals surface area contributed by atoms with E-state index in [-0.39, 0.29) is 36.8 Å². The smallest absolute Gasteiger partial charge is 0.225 e. The third-order valence-electron chi connectivity index (χ3n) is 4.18. The van der Waals surface area contributed by atoms with Crippen LogP contribution in [0.5, 0.6) is 0 Å². The standard InChI is InChI=1S/C19H22ClN3O.2ClH/c20-15-8-9-17(22-13-14-5-2-1-3-6-14)18(11-15)23-19(24)12-16-7-4-10-21-16;;/h1-3,5-6,8-9,11,16,21-22H,4,7,10,12-13H2,(H,23,24);2*1H. The van der Waals surface area contributed by atoms with Gasteiger partial charge in [-0.3, -0.25) is 4.79 Å². The fourth-order valence-corrected chi connectivity index (χ4v) is 3.10. The van der Waals surface area contributed by atoms with E-state index in [1.165, 1.54) is 5.56 Å². The Bertz CT molecular complexity index is 692. The second-order valence-electron chi connectivity index (χ2n) is 6.07. The minimum absolute atomic E-state index is 0. The molecule has 2 aromatic carbocycles. The molecule has 3 N–H and O–H groups in total.